The van der Waals surface area contributed by atoms with Crippen molar-refractivity contribution in [2.24, 2.45) is 11.8 Å². The smallest absolute Gasteiger partial charge is 0.341 e. The number of sulfonamides is 1. The van der Waals surface area contributed by atoms with Crippen LogP contribution in [-0.4, -0.2) is 49.6 Å². The summed E-state index contributed by atoms with van der Waals surface area (Å²) in [5.74, 6) is -0.525. The fraction of sp³-hybridized carbons (Fsp3) is 0.519. The van der Waals surface area contributed by atoms with Gasteiger partial charge in [0.1, 0.15) is 17.1 Å². The first-order valence-corrected chi connectivity index (χ1v) is 14.3. The van der Waals surface area contributed by atoms with Gasteiger partial charge in [0.15, 0.2) is 0 Å². The Labute approximate surface area is 210 Å². The van der Waals surface area contributed by atoms with Gasteiger partial charge in [-0.25, -0.2) is 17.6 Å². The number of anilines is 1. The first-order chi connectivity index (χ1) is 17.2. The Morgan fingerprint density at radius 2 is 1.92 bits per heavy atom. The van der Waals surface area contributed by atoms with E-state index in [-0.39, 0.29) is 33.7 Å². The number of halogens is 1. The maximum absolute atomic E-state index is 14.3. The van der Waals surface area contributed by atoms with E-state index >= 15 is 0 Å². The maximum Gasteiger partial charge on any atom is 0.341 e. The van der Waals surface area contributed by atoms with Crippen molar-refractivity contribution in [2.75, 3.05) is 17.9 Å². The number of aromatic carboxylic acids is 1. The van der Waals surface area contributed by atoms with E-state index in [1.165, 1.54) is 18.2 Å². The Kier molecular flexibility index (Phi) is 5.75. The van der Waals surface area contributed by atoms with Crippen molar-refractivity contribution in [1.82, 2.24) is 4.90 Å². The molecule has 36 heavy (non-hydrogen) atoms. The molecule has 1 unspecified atom stereocenters. The molecule has 0 radical (unpaired) electrons. The highest BCUT2D eigenvalue weighted by molar-refractivity contribution is 7.92. The molecular weight excluding hydrogens is 483 g/mol. The number of fused-ring (bicyclic) bond motifs is 5. The molecule has 5 atom stereocenters. The average Bonchev–Trinajstić information content (AvgIpc) is 3.57. The Balaban J connectivity index is 1.30. The van der Waals surface area contributed by atoms with Crippen LogP contribution < -0.4 is 9.46 Å². The van der Waals surface area contributed by atoms with Crippen molar-refractivity contribution < 1.29 is 27.4 Å². The minimum atomic E-state index is -4.17. The molecule has 0 amide bonds. The van der Waals surface area contributed by atoms with Crippen LogP contribution in [0.4, 0.5) is 10.1 Å². The molecule has 3 aliphatic heterocycles. The van der Waals surface area contributed by atoms with E-state index in [0.29, 0.717) is 36.6 Å². The quantitative estimate of drug-likeness (QED) is 0.560. The Morgan fingerprint density at radius 3 is 2.61 bits per heavy atom. The molecule has 2 bridgehead atoms. The minimum absolute atomic E-state index is 0.00796. The fourth-order valence-electron chi connectivity index (χ4n) is 6.90. The molecule has 6 rings (SSSR count). The van der Waals surface area contributed by atoms with Crippen LogP contribution in [0.25, 0.3) is 0 Å². The number of carboxylic acids is 1. The summed E-state index contributed by atoms with van der Waals surface area (Å²) in [6, 6.07) is 8.01. The zero-order chi connectivity index (χ0) is 25.2. The summed E-state index contributed by atoms with van der Waals surface area (Å²) >= 11 is 0. The fourth-order valence-corrected chi connectivity index (χ4v) is 8.20. The summed E-state index contributed by atoms with van der Waals surface area (Å²) in [5.41, 5.74) is 1.05. The number of carbonyl (C=O) groups is 1. The molecule has 2 aromatic carbocycles. The number of hydrogen-bond donors (Lipinski definition) is 2. The lowest BCUT2D eigenvalue weighted by atomic mass is 9.86. The van der Waals surface area contributed by atoms with Crippen LogP contribution in [0.5, 0.6) is 5.75 Å². The van der Waals surface area contributed by atoms with Gasteiger partial charge in [-0.1, -0.05) is 13.0 Å². The van der Waals surface area contributed by atoms with Crippen molar-refractivity contribution in [1.29, 1.82) is 0 Å². The number of benzene rings is 2. The average molecular weight is 515 g/mol. The second kappa shape index (κ2) is 8.73. The number of carboxylic acid groups (broad SMARTS) is 1. The third kappa shape index (κ3) is 4.06. The summed E-state index contributed by atoms with van der Waals surface area (Å²) in [6.07, 6.45) is 5.69. The number of rotatable bonds is 7. The molecular formula is C27H31FN2O5S. The number of nitrogens with zero attached hydrogens (tertiary/aromatic N) is 1. The first kappa shape index (κ1) is 23.7. The van der Waals surface area contributed by atoms with Crippen molar-refractivity contribution in [2.45, 2.75) is 68.3 Å². The van der Waals surface area contributed by atoms with Crippen molar-refractivity contribution in [3.8, 4) is 5.75 Å². The zero-order valence-corrected chi connectivity index (χ0v) is 21.1. The van der Waals surface area contributed by atoms with Gasteiger partial charge in [-0.3, -0.25) is 9.62 Å². The highest BCUT2D eigenvalue weighted by atomic mass is 32.2. The number of piperidine rings is 1. The van der Waals surface area contributed by atoms with Gasteiger partial charge in [0.05, 0.1) is 17.2 Å². The van der Waals surface area contributed by atoms with Crippen molar-refractivity contribution in [3.63, 3.8) is 0 Å². The minimum Gasteiger partial charge on any atom is -0.492 e. The van der Waals surface area contributed by atoms with Gasteiger partial charge in [0, 0.05) is 18.0 Å². The largest absolute Gasteiger partial charge is 0.492 e. The molecule has 4 aliphatic rings. The van der Waals surface area contributed by atoms with Gasteiger partial charge in [-0.2, -0.15) is 0 Å². The second-order valence-electron chi connectivity index (χ2n) is 10.7. The summed E-state index contributed by atoms with van der Waals surface area (Å²) in [4.78, 5) is 14.7. The number of ether oxygens (including phenoxy) is 1. The van der Waals surface area contributed by atoms with Gasteiger partial charge in [-0.15, -0.1) is 0 Å². The predicted molar refractivity (Wildman–Crippen MR) is 133 cm³/mol. The summed E-state index contributed by atoms with van der Waals surface area (Å²) < 4.78 is 49.6. The maximum atomic E-state index is 14.3. The SMILES string of the molecule is CCN1C2CC[C@H]1C[C@@H](Cc1cc(F)ccc1S(=O)(=O)Nc1ccc3c(c1C(=O)O)OC[C@@H]1C[C@H]31)C2. The van der Waals surface area contributed by atoms with Crippen LogP contribution in [0.15, 0.2) is 35.2 Å². The van der Waals surface area contributed by atoms with Crippen LogP contribution in [0.1, 0.15) is 66.4 Å². The highest BCUT2D eigenvalue weighted by Gasteiger charge is 2.45. The van der Waals surface area contributed by atoms with Crippen LogP contribution in [0, 0.1) is 17.7 Å². The molecule has 2 saturated heterocycles. The zero-order valence-electron chi connectivity index (χ0n) is 20.2. The van der Waals surface area contributed by atoms with E-state index < -0.39 is 21.8 Å². The number of nitrogens with one attached hydrogen (secondary N) is 1. The van der Waals surface area contributed by atoms with Gasteiger partial charge in [0.25, 0.3) is 10.0 Å². The van der Waals surface area contributed by atoms with E-state index in [4.69, 9.17) is 4.74 Å². The Hall–Kier alpha value is -2.65. The number of hydrogen-bond acceptors (Lipinski definition) is 5. The monoisotopic (exact) mass is 514 g/mol. The lowest BCUT2D eigenvalue weighted by molar-refractivity contribution is 0.0692. The van der Waals surface area contributed by atoms with Gasteiger partial charge < -0.3 is 9.84 Å². The molecule has 3 heterocycles. The molecule has 2 aromatic rings. The Bertz CT molecular complexity index is 1320. The summed E-state index contributed by atoms with van der Waals surface area (Å²) in [5, 5.41) is 9.93. The van der Waals surface area contributed by atoms with Gasteiger partial charge in [-0.05, 0) is 92.3 Å². The third-order valence-corrected chi connectivity index (χ3v) is 10.0. The Morgan fingerprint density at radius 1 is 1.17 bits per heavy atom. The van der Waals surface area contributed by atoms with Crippen molar-refractivity contribution in [3.05, 3.63) is 52.8 Å². The molecule has 192 valence electrons. The van der Waals surface area contributed by atoms with E-state index in [2.05, 4.69) is 16.5 Å². The lowest BCUT2D eigenvalue weighted by Crippen LogP contribution is -2.43. The molecule has 0 aromatic heterocycles. The van der Waals surface area contributed by atoms with E-state index in [1.54, 1.807) is 6.07 Å². The normalized spacial score (nSPS) is 28.7. The molecule has 1 saturated carbocycles. The molecule has 7 nitrogen and oxygen atoms in total. The van der Waals surface area contributed by atoms with Crippen molar-refractivity contribution >= 4 is 21.7 Å². The molecule has 0 spiro atoms. The third-order valence-electron chi connectivity index (χ3n) is 8.58. The molecule has 1 aliphatic carbocycles. The molecule has 3 fully saturated rings. The lowest BCUT2D eigenvalue weighted by Gasteiger charge is -2.38. The molecule has 9 heteroatoms. The van der Waals surface area contributed by atoms with E-state index in [9.17, 15) is 22.7 Å². The standard InChI is InChI=1S/C27H31FN2O5S/c1-2-30-19-4-5-20(30)11-15(10-19)9-16-12-18(28)3-8-24(16)36(33,34)29-23-7-6-21-22-13-17(22)14-35-26(21)25(23)27(31)32/h3,6-8,12,15,17,19-20,22,29H,2,4-5,9-11,13-14H2,1H3,(H,31,32)/t15-,17-,19?,20-,22-/m0/s1. The van der Waals surface area contributed by atoms with Crippen LogP contribution in [0.2, 0.25) is 0 Å². The van der Waals surface area contributed by atoms with Crippen LogP contribution >= 0.6 is 0 Å². The van der Waals surface area contributed by atoms with Crippen LogP contribution in [0.3, 0.4) is 0 Å². The van der Waals surface area contributed by atoms with E-state index in [0.717, 1.165) is 50.3 Å². The van der Waals surface area contributed by atoms with Gasteiger partial charge >= 0.3 is 5.97 Å². The van der Waals surface area contributed by atoms with E-state index in [1.807, 2.05) is 0 Å². The summed E-state index contributed by atoms with van der Waals surface area (Å²) in [6.45, 7) is 3.63. The second-order valence-corrected chi connectivity index (χ2v) is 12.4. The van der Waals surface area contributed by atoms with Gasteiger partial charge in [0.2, 0.25) is 0 Å². The highest BCUT2D eigenvalue weighted by Crippen LogP contribution is 2.55. The first-order valence-electron chi connectivity index (χ1n) is 12.8. The predicted octanol–water partition coefficient (Wildman–Crippen LogP) is 4.63. The molecule has 2 N–H and O–H groups in total. The topological polar surface area (TPSA) is 95.9 Å². The van der Waals surface area contributed by atoms with Crippen LogP contribution in [-0.2, 0) is 16.4 Å². The summed E-state index contributed by atoms with van der Waals surface area (Å²) in [7, 11) is -4.17.